The smallest absolute Gasteiger partial charge is 0.332 e. The standard InChI is InChI=1S/C36H64N2O8/c1-20-16-28-33(37-14-15-38(8)9)30(41)18-27(35(28)44)26(7)34(43)21(2)12-11-13-29(40)36(46-32(42)19-39)25(6)23(4)22(3)24(5)31(17-20)45-10/h20-29,31,33,36-37,39-40H,11-19H2,1-10H3/t20-,21?,22+,23?,24-,25?,26?,27?,28?,29?,31?,33?,36?/m1/s1. The molecule has 13 atom stereocenters. The third-order valence-electron chi connectivity index (χ3n) is 11.5. The molecule has 10 unspecified atom stereocenters. The number of Topliss-reactive ketones (excluding diaryl/α,β-unsaturated/α-hetero) is 3. The second-order valence-electron chi connectivity index (χ2n) is 15.0. The molecule has 0 amide bonds. The number of ketones is 3. The van der Waals surface area contributed by atoms with Crippen LogP contribution in [0.25, 0.3) is 0 Å². The molecule has 2 fully saturated rings. The maximum Gasteiger partial charge on any atom is 0.332 e. The summed E-state index contributed by atoms with van der Waals surface area (Å²) < 4.78 is 11.7. The lowest BCUT2D eigenvalue weighted by Gasteiger charge is -2.40. The van der Waals surface area contributed by atoms with Crippen molar-refractivity contribution >= 4 is 23.3 Å². The molecular formula is C36H64N2O8. The third kappa shape index (κ3) is 10.6. The van der Waals surface area contributed by atoms with Gasteiger partial charge in [-0.25, -0.2) is 4.79 Å². The largest absolute Gasteiger partial charge is 0.458 e. The van der Waals surface area contributed by atoms with Gasteiger partial charge in [0.25, 0.3) is 0 Å². The topological polar surface area (TPSA) is 142 Å². The minimum atomic E-state index is -0.967. The molecular weight excluding hydrogens is 588 g/mol. The van der Waals surface area contributed by atoms with Crippen LogP contribution < -0.4 is 5.32 Å². The number of ether oxygens (including phenoxy) is 2. The fourth-order valence-electron chi connectivity index (χ4n) is 7.84. The molecule has 2 bridgehead atoms. The van der Waals surface area contributed by atoms with E-state index in [9.17, 15) is 29.4 Å². The van der Waals surface area contributed by atoms with Gasteiger partial charge in [-0.15, -0.1) is 0 Å². The second-order valence-corrected chi connectivity index (χ2v) is 15.0. The quantitative estimate of drug-likeness (QED) is 0.350. The van der Waals surface area contributed by atoms with E-state index in [2.05, 4.69) is 33.0 Å². The highest BCUT2D eigenvalue weighted by Gasteiger charge is 2.47. The normalized spacial score (nSPS) is 39.4. The van der Waals surface area contributed by atoms with Gasteiger partial charge in [0.1, 0.15) is 24.3 Å². The Hall–Kier alpha value is -1.72. The van der Waals surface area contributed by atoms with Gasteiger partial charge >= 0.3 is 5.97 Å². The van der Waals surface area contributed by atoms with Crippen LogP contribution in [0.3, 0.4) is 0 Å². The van der Waals surface area contributed by atoms with Crippen molar-refractivity contribution in [3.8, 4) is 0 Å². The highest BCUT2D eigenvalue weighted by atomic mass is 16.6. The summed E-state index contributed by atoms with van der Waals surface area (Å²) in [4.78, 5) is 55.7. The maximum absolute atomic E-state index is 14.2. The Labute approximate surface area is 277 Å². The number of carbonyl (C=O) groups excluding carboxylic acids is 4. The number of hydrogen-bond acceptors (Lipinski definition) is 10. The van der Waals surface area contributed by atoms with E-state index in [4.69, 9.17) is 9.47 Å². The van der Waals surface area contributed by atoms with Crippen molar-refractivity contribution in [2.75, 3.05) is 40.9 Å². The molecule has 0 aromatic rings. The van der Waals surface area contributed by atoms with Crippen LogP contribution in [-0.2, 0) is 28.7 Å². The zero-order valence-electron chi connectivity index (χ0n) is 30.2. The van der Waals surface area contributed by atoms with Crippen molar-refractivity contribution < 1.29 is 38.9 Å². The highest BCUT2D eigenvalue weighted by molar-refractivity contribution is 6.02. The zero-order valence-corrected chi connectivity index (χ0v) is 30.2. The molecule has 0 spiro atoms. The number of fused-ring (bicyclic) bond motifs is 2. The number of esters is 1. The van der Waals surface area contributed by atoms with Gasteiger partial charge in [0, 0.05) is 50.3 Å². The minimum absolute atomic E-state index is 0.00145. The minimum Gasteiger partial charge on any atom is -0.458 e. The average Bonchev–Trinajstić information content (AvgIpc) is 3.02. The van der Waals surface area contributed by atoms with Crippen molar-refractivity contribution in [3.05, 3.63) is 0 Å². The van der Waals surface area contributed by atoms with Crippen molar-refractivity contribution in [1.82, 2.24) is 10.2 Å². The lowest BCUT2D eigenvalue weighted by atomic mass is 9.66. The molecule has 0 aliphatic heterocycles. The van der Waals surface area contributed by atoms with E-state index in [-0.39, 0.29) is 65.4 Å². The molecule has 2 aliphatic carbocycles. The molecule has 0 heterocycles. The van der Waals surface area contributed by atoms with E-state index in [0.29, 0.717) is 38.6 Å². The van der Waals surface area contributed by atoms with E-state index in [1.54, 1.807) is 14.0 Å². The molecule has 2 aliphatic rings. The number of likely N-dealkylation sites (N-methyl/N-ethyl adjacent to an activating group) is 1. The third-order valence-corrected chi connectivity index (χ3v) is 11.5. The zero-order chi connectivity index (χ0) is 34.9. The molecule has 0 radical (unpaired) electrons. The summed E-state index contributed by atoms with van der Waals surface area (Å²) in [5.41, 5.74) is 0. The highest BCUT2D eigenvalue weighted by Crippen LogP contribution is 2.39. The molecule has 2 rings (SSSR count). The first kappa shape index (κ1) is 40.5. The number of nitrogens with zero attached hydrogens (tertiary/aromatic N) is 1. The lowest BCUT2D eigenvalue weighted by molar-refractivity contribution is -0.165. The molecule has 2 saturated carbocycles. The van der Waals surface area contributed by atoms with E-state index in [1.807, 2.05) is 32.8 Å². The van der Waals surface area contributed by atoms with Gasteiger partial charge in [0.05, 0.1) is 18.2 Å². The van der Waals surface area contributed by atoms with Crippen LogP contribution in [0.4, 0.5) is 0 Å². The number of hydrogen-bond donors (Lipinski definition) is 3. The first-order valence-corrected chi connectivity index (χ1v) is 17.5. The predicted octanol–water partition coefficient (Wildman–Crippen LogP) is 3.55. The molecule has 10 nitrogen and oxygen atoms in total. The van der Waals surface area contributed by atoms with Gasteiger partial charge in [0.15, 0.2) is 5.78 Å². The molecule has 0 aromatic heterocycles. The summed E-state index contributed by atoms with van der Waals surface area (Å²) in [5, 5.41) is 24.1. The Kier molecular flexibility index (Phi) is 16.5. The van der Waals surface area contributed by atoms with Gasteiger partial charge < -0.3 is 29.9 Å². The summed E-state index contributed by atoms with van der Waals surface area (Å²) in [6.45, 7) is 14.6. The van der Waals surface area contributed by atoms with E-state index < -0.39 is 48.6 Å². The van der Waals surface area contributed by atoms with Crippen LogP contribution in [0, 0.1) is 53.3 Å². The van der Waals surface area contributed by atoms with Crippen LogP contribution in [-0.4, -0.2) is 104 Å². The first-order chi connectivity index (χ1) is 21.5. The van der Waals surface area contributed by atoms with Crippen molar-refractivity contribution in [1.29, 1.82) is 0 Å². The van der Waals surface area contributed by atoms with Crippen LogP contribution in [0.2, 0.25) is 0 Å². The molecule has 0 saturated heterocycles. The SMILES string of the molecule is COC1C[C@H](C)CC2C(=O)C(CC(=O)C2NCCN(C)C)C(C)C(=O)C(C)CCCC(O)C(OC(=O)CO)C(C)C(C)[C@H](C)[C@H]1C. The summed E-state index contributed by atoms with van der Waals surface area (Å²) >= 11 is 0. The number of aliphatic hydroxyl groups excluding tert-OH is 2. The van der Waals surface area contributed by atoms with Gasteiger partial charge in [-0.1, -0.05) is 54.9 Å². The van der Waals surface area contributed by atoms with Crippen molar-refractivity contribution in [2.45, 2.75) is 111 Å². The molecule has 0 aromatic carbocycles. The average molecular weight is 653 g/mol. The van der Waals surface area contributed by atoms with Crippen LogP contribution in [0.15, 0.2) is 0 Å². The molecule has 46 heavy (non-hydrogen) atoms. The first-order valence-electron chi connectivity index (χ1n) is 17.5. The number of rotatable bonds is 7. The number of aliphatic hydroxyl groups is 2. The van der Waals surface area contributed by atoms with Crippen LogP contribution in [0.1, 0.15) is 87.0 Å². The van der Waals surface area contributed by atoms with Gasteiger partial charge in [0.2, 0.25) is 0 Å². The van der Waals surface area contributed by atoms with E-state index in [0.717, 1.165) is 6.54 Å². The fraction of sp³-hybridized carbons (Fsp3) is 0.889. The molecule has 266 valence electrons. The number of nitrogens with one attached hydrogen (secondary N) is 1. The van der Waals surface area contributed by atoms with Gasteiger partial charge in [-0.2, -0.15) is 0 Å². The predicted molar refractivity (Wildman–Crippen MR) is 178 cm³/mol. The summed E-state index contributed by atoms with van der Waals surface area (Å²) in [5.74, 6) is -2.84. The summed E-state index contributed by atoms with van der Waals surface area (Å²) in [6, 6.07) is -0.571. The summed E-state index contributed by atoms with van der Waals surface area (Å²) in [6.07, 6.45) is 0.698. The maximum atomic E-state index is 14.2. The Morgan fingerprint density at radius 3 is 2.11 bits per heavy atom. The second kappa shape index (κ2) is 18.7. The van der Waals surface area contributed by atoms with Crippen molar-refractivity contribution in [2.24, 2.45) is 53.3 Å². The Morgan fingerprint density at radius 1 is 0.891 bits per heavy atom. The Bertz CT molecular complexity index is 1000. The van der Waals surface area contributed by atoms with E-state index >= 15 is 0 Å². The molecule has 3 N–H and O–H groups in total. The monoisotopic (exact) mass is 652 g/mol. The number of carbonyl (C=O) groups is 4. The van der Waals surface area contributed by atoms with Crippen LogP contribution in [0.5, 0.6) is 0 Å². The molecule has 10 heteroatoms. The summed E-state index contributed by atoms with van der Waals surface area (Å²) in [7, 11) is 5.64. The van der Waals surface area contributed by atoms with Crippen molar-refractivity contribution in [3.63, 3.8) is 0 Å². The van der Waals surface area contributed by atoms with Gasteiger partial charge in [-0.3, -0.25) is 14.4 Å². The Morgan fingerprint density at radius 2 is 1.52 bits per heavy atom. The van der Waals surface area contributed by atoms with Crippen LogP contribution >= 0.6 is 0 Å². The number of methoxy groups -OCH3 is 1. The fourth-order valence-corrected chi connectivity index (χ4v) is 7.84. The van der Waals surface area contributed by atoms with E-state index in [1.165, 1.54) is 0 Å². The van der Waals surface area contributed by atoms with Gasteiger partial charge in [-0.05, 0) is 69.4 Å². The Balaban J connectivity index is 2.48. The lowest BCUT2D eigenvalue weighted by Crippen LogP contribution is -2.55.